The zero-order valence-corrected chi connectivity index (χ0v) is 15.8. The maximum absolute atomic E-state index is 6.01. The summed E-state index contributed by atoms with van der Waals surface area (Å²) in [5.41, 5.74) is 3.39. The van der Waals surface area contributed by atoms with Crippen molar-refractivity contribution in [2.24, 2.45) is 4.99 Å². The van der Waals surface area contributed by atoms with Gasteiger partial charge in [0, 0.05) is 36.0 Å². The van der Waals surface area contributed by atoms with E-state index in [4.69, 9.17) is 21.0 Å². The Bertz CT molecular complexity index is 946. The molecule has 2 heterocycles. The highest BCUT2D eigenvalue weighted by Gasteiger charge is 2.23. The Morgan fingerprint density at radius 2 is 1.96 bits per heavy atom. The molecule has 1 atom stereocenters. The van der Waals surface area contributed by atoms with Gasteiger partial charge in [-0.2, -0.15) is 0 Å². The van der Waals surface area contributed by atoms with Crippen LogP contribution >= 0.6 is 11.6 Å². The molecule has 1 aliphatic heterocycles. The van der Waals surface area contributed by atoms with Gasteiger partial charge in [-0.1, -0.05) is 48.9 Å². The molecule has 4 nitrogen and oxygen atoms in total. The van der Waals surface area contributed by atoms with Gasteiger partial charge in [0.05, 0.1) is 12.6 Å². The lowest BCUT2D eigenvalue weighted by Crippen LogP contribution is -2.36. The zero-order chi connectivity index (χ0) is 18.1. The summed E-state index contributed by atoms with van der Waals surface area (Å²) in [4.78, 5) is 6.86. The van der Waals surface area contributed by atoms with E-state index in [2.05, 4.69) is 48.5 Å². The molecule has 0 saturated heterocycles. The second-order valence-electron chi connectivity index (χ2n) is 6.62. The Labute approximate surface area is 158 Å². The SMILES string of the molecule is CCc1oc2ccccc2c1CN(C)C1=NCC(c2ccc(Cl)cc2)N1. The van der Waals surface area contributed by atoms with Crippen LogP contribution in [-0.2, 0) is 13.0 Å². The van der Waals surface area contributed by atoms with Crippen molar-refractivity contribution in [1.82, 2.24) is 10.2 Å². The molecular formula is C21H22ClN3O. The van der Waals surface area contributed by atoms with E-state index in [9.17, 15) is 0 Å². The number of halogens is 1. The predicted molar refractivity (Wildman–Crippen MR) is 107 cm³/mol. The van der Waals surface area contributed by atoms with E-state index in [-0.39, 0.29) is 6.04 Å². The van der Waals surface area contributed by atoms with E-state index in [0.29, 0.717) is 0 Å². The molecule has 4 rings (SSSR count). The summed E-state index contributed by atoms with van der Waals surface area (Å²) >= 11 is 5.99. The number of para-hydroxylation sites is 1. The second kappa shape index (κ2) is 7.04. The van der Waals surface area contributed by atoms with Crippen molar-refractivity contribution in [3.8, 4) is 0 Å². The largest absolute Gasteiger partial charge is 0.461 e. The standard InChI is InChI=1S/C21H22ClN3O/c1-3-19-17(16-6-4-5-7-20(16)26-19)13-25(2)21-23-12-18(24-21)14-8-10-15(22)11-9-14/h4-11,18H,3,12-13H2,1-2H3,(H,23,24). The smallest absolute Gasteiger partial charge is 0.194 e. The van der Waals surface area contributed by atoms with Crippen molar-refractivity contribution in [3.05, 3.63) is 70.4 Å². The van der Waals surface area contributed by atoms with Crippen molar-refractivity contribution >= 4 is 28.5 Å². The topological polar surface area (TPSA) is 40.8 Å². The maximum Gasteiger partial charge on any atom is 0.194 e. The highest BCUT2D eigenvalue weighted by Crippen LogP contribution is 2.28. The molecule has 1 aromatic heterocycles. The lowest BCUT2D eigenvalue weighted by Gasteiger charge is -2.21. The Kier molecular flexibility index (Phi) is 4.60. The van der Waals surface area contributed by atoms with Gasteiger partial charge < -0.3 is 14.6 Å². The minimum atomic E-state index is 0.191. The first-order valence-electron chi connectivity index (χ1n) is 8.92. The van der Waals surface area contributed by atoms with Crippen LogP contribution in [0.1, 0.15) is 29.9 Å². The highest BCUT2D eigenvalue weighted by molar-refractivity contribution is 6.30. The van der Waals surface area contributed by atoms with E-state index in [1.807, 2.05) is 24.3 Å². The number of aliphatic imine (C=N–C) groups is 1. The van der Waals surface area contributed by atoms with E-state index >= 15 is 0 Å². The summed E-state index contributed by atoms with van der Waals surface area (Å²) in [6, 6.07) is 16.4. The van der Waals surface area contributed by atoms with Gasteiger partial charge in [0.1, 0.15) is 11.3 Å². The van der Waals surface area contributed by atoms with E-state index in [1.54, 1.807) is 0 Å². The molecule has 0 bridgehead atoms. The number of hydrogen-bond acceptors (Lipinski definition) is 4. The van der Waals surface area contributed by atoms with Crippen LogP contribution in [0.4, 0.5) is 0 Å². The van der Waals surface area contributed by atoms with Gasteiger partial charge in [-0.25, -0.2) is 0 Å². The minimum Gasteiger partial charge on any atom is -0.461 e. The number of aryl methyl sites for hydroxylation is 1. The number of furan rings is 1. The molecule has 0 amide bonds. The molecule has 2 aromatic carbocycles. The zero-order valence-electron chi connectivity index (χ0n) is 15.0. The predicted octanol–water partition coefficient (Wildman–Crippen LogP) is 4.78. The van der Waals surface area contributed by atoms with Gasteiger partial charge in [0.25, 0.3) is 0 Å². The molecule has 5 heteroatoms. The monoisotopic (exact) mass is 367 g/mol. The van der Waals surface area contributed by atoms with Crippen LogP contribution in [0.5, 0.6) is 0 Å². The van der Waals surface area contributed by atoms with E-state index in [1.165, 1.54) is 16.5 Å². The molecule has 0 radical (unpaired) electrons. The van der Waals surface area contributed by atoms with Crippen LogP contribution in [-0.4, -0.2) is 24.5 Å². The third kappa shape index (κ3) is 3.17. The summed E-state index contributed by atoms with van der Waals surface area (Å²) in [5, 5.41) is 5.46. The van der Waals surface area contributed by atoms with Crippen molar-refractivity contribution in [2.45, 2.75) is 25.9 Å². The van der Waals surface area contributed by atoms with Gasteiger partial charge in [-0.15, -0.1) is 0 Å². The lowest BCUT2D eigenvalue weighted by atomic mass is 10.1. The van der Waals surface area contributed by atoms with Crippen LogP contribution in [0, 0.1) is 0 Å². The van der Waals surface area contributed by atoms with Gasteiger partial charge in [0.15, 0.2) is 5.96 Å². The number of nitrogens with zero attached hydrogens (tertiary/aromatic N) is 2. The molecule has 1 aliphatic rings. The molecular weight excluding hydrogens is 346 g/mol. The molecule has 134 valence electrons. The van der Waals surface area contributed by atoms with Gasteiger partial charge >= 0.3 is 0 Å². The van der Waals surface area contributed by atoms with Crippen LogP contribution in [0.3, 0.4) is 0 Å². The Balaban J connectivity index is 1.51. The molecule has 0 aliphatic carbocycles. The van der Waals surface area contributed by atoms with Crippen LogP contribution in [0.25, 0.3) is 11.0 Å². The average Bonchev–Trinajstić information content (AvgIpc) is 3.28. The van der Waals surface area contributed by atoms with E-state index < -0.39 is 0 Å². The first-order chi connectivity index (χ1) is 12.7. The average molecular weight is 368 g/mol. The quantitative estimate of drug-likeness (QED) is 0.721. The molecule has 3 aromatic rings. The molecule has 0 fully saturated rings. The molecule has 1 N–H and O–H groups in total. The molecule has 0 saturated carbocycles. The fraction of sp³-hybridized carbons (Fsp3) is 0.286. The first-order valence-corrected chi connectivity index (χ1v) is 9.30. The number of fused-ring (bicyclic) bond motifs is 1. The summed E-state index contributed by atoms with van der Waals surface area (Å²) in [6.07, 6.45) is 0.880. The summed E-state index contributed by atoms with van der Waals surface area (Å²) in [7, 11) is 2.07. The number of nitrogens with one attached hydrogen (secondary N) is 1. The Hall–Kier alpha value is -2.46. The maximum atomic E-state index is 6.01. The summed E-state index contributed by atoms with van der Waals surface area (Å²) < 4.78 is 6.01. The third-order valence-corrected chi connectivity index (χ3v) is 5.11. The van der Waals surface area contributed by atoms with Crippen molar-refractivity contribution in [3.63, 3.8) is 0 Å². The number of guanidine groups is 1. The summed E-state index contributed by atoms with van der Waals surface area (Å²) in [5.74, 6) is 1.96. The van der Waals surface area contributed by atoms with E-state index in [0.717, 1.165) is 41.8 Å². The van der Waals surface area contributed by atoms with Crippen LogP contribution in [0.15, 0.2) is 57.9 Å². The number of hydrogen-bond donors (Lipinski definition) is 1. The van der Waals surface area contributed by atoms with Crippen molar-refractivity contribution < 1.29 is 4.42 Å². The number of rotatable bonds is 4. The molecule has 0 spiro atoms. The molecule has 26 heavy (non-hydrogen) atoms. The fourth-order valence-corrected chi connectivity index (χ4v) is 3.59. The number of benzene rings is 2. The minimum absolute atomic E-state index is 0.191. The second-order valence-corrected chi connectivity index (χ2v) is 7.06. The van der Waals surface area contributed by atoms with Gasteiger partial charge in [-0.3, -0.25) is 4.99 Å². The normalized spacial score (nSPS) is 16.6. The van der Waals surface area contributed by atoms with Gasteiger partial charge in [0.2, 0.25) is 0 Å². The van der Waals surface area contributed by atoms with Crippen LogP contribution < -0.4 is 5.32 Å². The lowest BCUT2D eigenvalue weighted by molar-refractivity contribution is 0.467. The van der Waals surface area contributed by atoms with Gasteiger partial charge in [-0.05, 0) is 23.8 Å². The van der Waals surface area contributed by atoms with Crippen molar-refractivity contribution in [2.75, 3.05) is 13.6 Å². The fourth-order valence-electron chi connectivity index (χ4n) is 3.46. The van der Waals surface area contributed by atoms with Crippen molar-refractivity contribution in [1.29, 1.82) is 0 Å². The Morgan fingerprint density at radius 3 is 2.73 bits per heavy atom. The highest BCUT2D eigenvalue weighted by atomic mass is 35.5. The third-order valence-electron chi connectivity index (χ3n) is 4.86. The summed E-state index contributed by atoms with van der Waals surface area (Å²) in [6.45, 7) is 3.62. The Morgan fingerprint density at radius 1 is 1.19 bits per heavy atom. The van der Waals surface area contributed by atoms with Crippen LogP contribution in [0.2, 0.25) is 5.02 Å². The first kappa shape index (κ1) is 17.0. The molecule has 1 unspecified atom stereocenters.